The molecule has 5 nitrogen and oxygen atoms in total. The average Bonchev–Trinajstić information content (AvgIpc) is 2.44. The highest BCUT2D eigenvalue weighted by molar-refractivity contribution is 5.76. The number of hydrogen-bond donors (Lipinski definition) is 2. The molecule has 1 heterocycles. The molecule has 1 fully saturated rings. The third-order valence-electron chi connectivity index (χ3n) is 3.74. The SMILES string of the molecule is NC(=O)C1CCN(CCCOc2cccc(N)c2)CC1. The van der Waals surface area contributed by atoms with E-state index in [0.717, 1.165) is 50.3 Å². The highest BCUT2D eigenvalue weighted by Crippen LogP contribution is 2.17. The number of nitrogen functional groups attached to an aromatic ring is 1. The number of nitrogens with zero attached hydrogens (tertiary/aromatic N) is 1. The fourth-order valence-electron chi connectivity index (χ4n) is 2.52. The minimum atomic E-state index is -0.158. The van der Waals surface area contributed by atoms with E-state index in [1.54, 1.807) is 0 Å². The van der Waals surface area contributed by atoms with E-state index in [1.165, 1.54) is 0 Å². The number of likely N-dealkylation sites (tertiary alicyclic amines) is 1. The van der Waals surface area contributed by atoms with Gasteiger partial charge in [-0.05, 0) is 44.5 Å². The Morgan fingerprint density at radius 1 is 1.35 bits per heavy atom. The second kappa shape index (κ2) is 7.14. The quantitative estimate of drug-likeness (QED) is 0.605. The minimum Gasteiger partial charge on any atom is -0.493 e. The van der Waals surface area contributed by atoms with E-state index in [2.05, 4.69) is 4.90 Å². The van der Waals surface area contributed by atoms with Crippen LogP contribution in [0.25, 0.3) is 0 Å². The van der Waals surface area contributed by atoms with Crippen LogP contribution in [0.15, 0.2) is 24.3 Å². The molecule has 1 aromatic carbocycles. The third-order valence-corrected chi connectivity index (χ3v) is 3.74. The Hall–Kier alpha value is -1.75. The maximum absolute atomic E-state index is 11.1. The number of ether oxygens (including phenoxy) is 1. The summed E-state index contributed by atoms with van der Waals surface area (Å²) in [7, 11) is 0. The molecule has 0 aromatic heterocycles. The average molecular weight is 277 g/mol. The van der Waals surface area contributed by atoms with E-state index >= 15 is 0 Å². The van der Waals surface area contributed by atoms with Gasteiger partial charge in [0, 0.05) is 24.2 Å². The lowest BCUT2D eigenvalue weighted by Crippen LogP contribution is -2.39. The first kappa shape index (κ1) is 14.7. The van der Waals surface area contributed by atoms with Crippen molar-refractivity contribution in [2.45, 2.75) is 19.3 Å². The van der Waals surface area contributed by atoms with E-state index in [9.17, 15) is 4.79 Å². The maximum atomic E-state index is 11.1. The second-order valence-corrected chi connectivity index (χ2v) is 5.29. The summed E-state index contributed by atoms with van der Waals surface area (Å²) >= 11 is 0. The van der Waals surface area contributed by atoms with Crippen LogP contribution in [0.1, 0.15) is 19.3 Å². The lowest BCUT2D eigenvalue weighted by Gasteiger charge is -2.30. The van der Waals surface area contributed by atoms with E-state index in [-0.39, 0.29) is 11.8 Å². The van der Waals surface area contributed by atoms with Crippen molar-refractivity contribution in [1.29, 1.82) is 0 Å². The highest BCUT2D eigenvalue weighted by Gasteiger charge is 2.22. The molecule has 0 saturated carbocycles. The zero-order valence-electron chi connectivity index (χ0n) is 11.8. The van der Waals surface area contributed by atoms with Crippen LogP contribution in [0.5, 0.6) is 5.75 Å². The fraction of sp³-hybridized carbons (Fsp3) is 0.533. The first-order valence-corrected chi connectivity index (χ1v) is 7.15. The van der Waals surface area contributed by atoms with Crippen LogP contribution >= 0.6 is 0 Å². The number of rotatable bonds is 6. The summed E-state index contributed by atoms with van der Waals surface area (Å²) in [6, 6.07) is 7.47. The number of amides is 1. The molecule has 4 N–H and O–H groups in total. The van der Waals surface area contributed by atoms with Crippen molar-refractivity contribution >= 4 is 11.6 Å². The lowest BCUT2D eigenvalue weighted by atomic mass is 9.96. The van der Waals surface area contributed by atoms with Crippen LogP contribution in [-0.4, -0.2) is 37.0 Å². The lowest BCUT2D eigenvalue weighted by molar-refractivity contribution is -0.123. The molecule has 1 aliphatic heterocycles. The van der Waals surface area contributed by atoms with Gasteiger partial charge in [0.2, 0.25) is 5.91 Å². The Morgan fingerprint density at radius 2 is 2.10 bits per heavy atom. The van der Waals surface area contributed by atoms with Gasteiger partial charge in [0.05, 0.1) is 6.61 Å². The Kier molecular flexibility index (Phi) is 5.24. The van der Waals surface area contributed by atoms with Crippen molar-refractivity contribution < 1.29 is 9.53 Å². The van der Waals surface area contributed by atoms with Gasteiger partial charge in [-0.2, -0.15) is 0 Å². The number of benzene rings is 1. The second-order valence-electron chi connectivity index (χ2n) is 5.29. The molecule has 0 atom stereocenters. The maximum Gasteiger partial charge on any atom is 0.220 e. The standard InChI is InChI=1S/C15H23N3O2/c16-13-3-1-4-14(11-13)20-10-2-7-18-8-5-12(6-9-18)15(17)19/h1,3-4,11-12H,2,5-10,16H2,(H2,17,19). The largest absolute Gasteiger partial charge is 0.493 e. The monoisotopic (exact) mass is 277 g/mol. The molecule has 0 bridgehead atoms. The zero-order valence-corrected chi connectivity index (χ0v) is 11.8. The van der Waals surface area contributed by atoms with Gasteiger partial charge in [-0.25, -0.2) is 0 Å². The van der Waals surface area contributed by atoms with Crippen LogP contribution in [-0.2, 0) is 4.79 Å². The van der Waals surface area contributed by atoms with Crippen molar-refractivity contribution in [3.05, 3.63) is 24.3 Å². The molecule has 1 saturated heterocycles. The van der Waals surface area contributed by atoms with Crippen molar-refractivity contribution in [3.63, 3.8) is 0 Å². The molecule has 2 rings (SSSR count). The molecule has 0 radical (unpaired) electrons. The van der Waals surface area contributed by atoms with Crippen LogP contribution in [0.3, 0.4) is 0 Å². The summed E-state index contributed by atoms with van der Waals surface area (Å²) in [5, 5.41) is 0. The van der Waals surface area contributed by atoms with Crippen molar-refractivity contribution in [3.8, 4) is 5.75 Å². The molecule has 1 aliphatic rings. The summed E-state index contributed by atoms with van der Waals surface area (Å²) in [6.45, 7) is 3.57. The van der Waals surface area contributed by atoms with Gasteiger partial charge in [0.15, 0.2) is 0 Å². The Bertz CT molecular complexity index is 442. The third kappa shape index (κ3) is 4.42. The summed E-state index contributed by atoms with van der Waals surface area (Å²) in [5.74, 6) is 0.724. The molecule has 110 valence electrons. The molecule has 0 aliphatic carbocycles. The molecule has 20 heavy (non-hydrogen) atoms. The fourth-order valence-corrected chi connectivity index (χ4v) is 2.52. The number of hydrogen-bond acceptors (Lipinski definition) is 4. The summed E-state index contributed by atoms with van der Waals surface area (Å²) in [6.07, 6.45) is 2.73. The predicted octanol–water partition coefficient (Wildman–Crippen LogP) is 1.23. The van der Waals surface area contributed by atoms with Gasteiger partial charge < -0.3 is 21.1 Å². The molecule has 0 spiro atoms. The molecule has 5 heteroatoms. The van der Waals surface area contributed by atoms with Gasteiger partial charge in [-0.15, -0.1) is 0 Å². The van der Waals surface area contributed by atoms with Gasteiger partial charge in [-0.3, -0.25) is 4.79 Å². The number of nitrogens with two attached hydrogens (primary N) is 2. The van der Waals surface area contributed by atoms with Crippen molar-refractivity contribution in [2.24, 2.45) is 11.7 Å². The topological polar surface area (TPSA) is 81.6 Å². The molecular formula is C15H23N3O2. The van der Waals surface area contributed by atoms with E-state index in [1.807, 2.05) is 24.3 Å². The normalized spacial score (nSPS) is 17.0. The summed E-state index contributed by atoms with van der Waals surface area (Å²) in [5.41, 5.74) is 11.7. The number of piperidine rings is 1. The molecule has 0 unspecified atom stereocenters. The first-order chi connectivity index (χ1) is 9.65. The van der Waals surface area contributed by atoms with Gasteiger partial charge in [0.25, 0.3) is 0 Å². The van der Waals surface area contributed by atoms with Gasteiger partial charge in [0.1, 0.15) is 5.75 Å². The predicted molar refractivity (Wildman–Crippen MR) is 79.3 cm³/mol. The van der Waals surface area contributed by atoms with Crippen molar-refractivity contribution in [1.82, 2.24) is 4.90 Å². The Balaban J connectivity index is 1.61. The van der Waals surface area contributed by atoms with E-state index < -0.39 is 0 Å². The molecular weight excluding hydrogens is 254 g/mol. The van der Waals surface area contributed by atoms with Gasteiger partial charge in [-0.1, -0.05) is 6.07 Å². The van der Waals surface area contributed by atoms with E-state index in [0.29, 0.717) is 6.61 Å². The number of carbonyl (C=O) groups is 1. The number of carbonyl (C=O) groups excluding carboxylic acids is 1. The number of anilines is 1. The number of primary amides is 1. The highest BCUT2D eigenvalue weighted by atomic mass is 16.5. The Morgan fingerprint density at radius 3 is 2.75 bits per heavy atom. The minimum absolute atomic E-state index is 0.0646. The Labute approximate surface area is 119 Å². The van der Waals surface area contributed by atoms with Crippen LogP contribution in [0.4, 0.5) is 5.69 Å². The zero-order chi connectivity index (χ0) is 14.4. The molecule has 1 aromatic rings. The van der Waals surface area contributed by atoms with Crippen LogP contribution in [0.2, 0.25) is 0 Å². The summed E-state index contributed by atoms with van der Waals surface area (Å²) < 4.78 is 5.66. The first-order valence-electron chi connectivity index (χ1n) is 7.15. The van der Waals surface area contributed by atoms with Crippen molar-refractivity contribution in [2.75, 3.05) is 32.0 Å². The van der Waals surface area contributed by atoms with Crippen LogP contribution < -0.4 is 16.2 Å². The van der Waals surface area contributed by atoms with Crippen LogP contribution in [0, 0.1) is 5.92 Å². The summed E-state index contributed by atoms with van der Waals surface area (Å²) in [4.78, 5) is 13.4. The molecule has 1 amide bonds. The smallest absolute Gasteiger partial charge is 0.220 e. The van der Waals surface area contributed by atoms with Gasteiger partial charge >= 0.3 is 0 Å². The van der Waals surface area contributed by atoms with E-state index in [4.69, 9.17) is 16.2 Å².